The number of amides is 1. The smallest absolute Gasteiger partial charge is 0.223 e. The summed E-state index contributed by atoms with van der Waals surface area (Å²) >= 11 is 0. The second kappa shape index (κ2) is 7.80. The van der Waals surface area contributed by atoms with Crippen LogP contribution in [0.4, 0.5) is 0 Å². The molecular formula is C21H22N4O3. The third kappa shape index (κ3) is 3.74. The van der Waals surface area contributed by atoms with Gasteiger partial charge >= 0.3 is 0 Å². The summed E-state index contributed by atoms with van der Waals surface area (Å²) < 4.78 is 11.6. The summed E-state index contributed by atoms with van der Waals surface area (Å²) in [5.41, 5.74) is 2.37. The maximum atomic E-state index is 11.5. The highest BCUT2D eigenvalue weighted by molar-refractivity contribution is 5.86. The molecule has 4 heterocycles. The summed E-state index contributed by atoms with van der Waals surface area (Å²) in [6.45, 7) is 5.09. The second-order valence-electron chi connectivity index (χ2n) is 6.79. The van der Waals surface area contributed by atoms with Crippen LogP contribution >= 0.6 is 0 Å². The van der Waals surface area contributed by atoms with Crippen molar-refractivity contribution in [2.75, 3.05) is 13.2 Å². The zero-order chi connectivity index (χ0) is 19.5. The molecule has 144 valence electrons. The van der Waals surface area contributed by atoms with Gasteiger partial charge in [-0.3, -0.25) is 9.78 Å². The van der Waals surface area contributed by atoms with Gasteiger partial charge in [-0.05, 0) is 38.1 Å². The van der Waals surface area contributed by atoms with E-state index in [2.05, 4.69) is 15.3 Å². The van der Waals surface area contributed by atoms with Crippen LogP contribution in [0, 0.1) is 5.92 Å². The first-order chi connectivity index (χ1) is 13.6. The lowest BCUT2D eigenvalue weighted by molar-refractivity contribution is -0.119. The molecule has 3 aromatic heterocycles. The third-order valence-corrected chi connectivity index (χ3v) is 4.86. The zero-order valence-corrected chi connectivity index (χ0v) is 15.9. The lowest BCUT2D eigenvalue weighted by Gasteiger charge is -2.20. The van der Waals surface area contributed by atoms with Crippen molar-refractivity contribution in [3.63, 3.8) is 0 Å². The fourth-order valence-electron chi connectivity index (χ4n) is 3.28. The van der Waals surface area contributed by atoms with Crippen LogP contribution in [0.1, 0.15) is 20.3 Å². The summed E-state index contributed by atoms with van der Waals surface area (Å²) in [5.74, 6) is 1.28. The molecule has 0 saturated carbocycles. The second-order valence-corrected chi connectivity index (χ2v) is 6.79. The summed E-state index contributed by atoms with van der Waals surface area (Å²) in [7, 11) is 0. The Morgan fingerprint density at radius 1 is 1.29 bits per heavy atom. The minimum atomic E-state index is -0.149. The first-order valence-electron chi connectivity index (χ1n) is 9.42. The molecule has 1 N–H and O–H groups in total. The minimum Gasteiger partial charge on any atom is -0.478 e. The summed E-state index contributed by atoms with van der Waals surface area (Å²) in [6.07, 6.45) is 3.80. The van der Waals surface area contributed by atoms with Gasteiger partial charge in [0.1, 0.15) is 6.10 Å². The molecule has 4 rings (SSSR count). The van der Waals surface area contributed by atoms with Crippen LogP contribution in [-0.4, -0.2) is 40.1 Å². The van der Waals surface area contributed by atoms with Crippen LogP contribution < -0.4 is 14.8 Å². The molecular weight excluding hydrogens is 356 g/mol. The number of carbonyl (C=O) groups is 1. The number of hydrogen-bond acceptors (Lipinski definition) is 6. The van der Waals surface area contributed by atoms with Gasteiger partial charge in [0.25, 0.3) is 0 Å². The van der Waals surface area contributed by atoms with Crippen molar-refractivity contribution in [3.8, 4) is 23.0 Å². The molecule has 2 atom stereocenters. The molecule has 7 heteroatoms. The van der Waals surface area contributed by atoms with E-state index < -0.39 is 0 Å². The number of nitrogens with zero attached hydrogens (tertiary/aromatic N) is 3. The molecule has 1 fully saturated rings. The summed E-state index contributed by atoms with van der Waals surface area (Å²) in [4.78, 5) is 25.0. The molecule has 0 bridgehead atoms. The highest BCUT2D eigenvalue weighted by Gasteiger charge is 2.28. The number of aromatic nitrogens is 3. The first kappa shape index (κ1) is 18.2. The monoisotopic (exact) mass is 378 g/mol. The zero-order valence-electron chi connectivity index (χ0n) is 15.9. The van der Waals surface area contributed by atoms with Crippen LogP contribution in [0.2, 0.25) is 0 Å². The van der Waals surface area contributed by atoms with Gasteiger partial charge in [0.2, 0.25) is 17.7 Å². The van der Waals surface area contributed by atoms with Gasteiger partial charge in [-0.1, -0.05) is 0 Å². The van der Waals surface area contributed by atoms with Crippen molar-refractivity contribution in [3.05, 3.63) is 42.7 Å². The Kier molecular flexibility index (Phi) is 5.06. The van der Waals surface area contributed by atoms with Crippen molar-refractivity contribution >= 4 is 16.8 Å². The molecule has 28 heavy (non-hydrogen) atoms. The molecule has 7 nitrogen and oxygen atoms in total. The highest BCUT2D eigenvalue weighted by atomic mass is 16.5. The Morgan fingerprint density at radius 3 is 2.89 bits per heavy atom. The Bertz CT molecular complexity index is 991. The minimum absolute atomic E-state index is 0.0640. The third-order valence-electron chi connectivity index (χ3n) is 4.86. The lowest BCUT2D eigenvalue weighted by atomic mass is 10.0. The summed E-state index contributed by atoms with van der Waals surface area (Å²) in [6, 6.07) is 9.46. The van der Waals surface area contributed by atoms with Crippen molar-refractivity contribution in [1.29, 1.82) is 0 Å². The predicted molar refractivity (Wildman–Crippen MR) is 105 cm³/mol. The van der Waals surface area contributed by atoms with E-state index >= 15 is 0 Å². The average molecular weight is 378 g/mol. The Morgan fingerprint density at radius 2 is 2.18 bits per heavy atom. The normalized spacial score (nSPS) is 17.4. The molecule has 1 aliphatic rings. The first-order valence-corrected chi connectivity index (χ1v) is 9.42. The molecule has 0 aromatic carbocycles. The van der Waals surface area contributed by atoms with Gasteiger partial charge < -0.3 is 14.8 Å². The topological polar surface area (TPSA) is 86.2 Å². The van der Waals surface area contributed by atoms with Crippen LogP contribution in [0.25, 0.3) is 22.2 Å². The Hall–Kier alpha value is -3.22. The van der Waals surface area contributed by atoms with E-state index in [0.717, 1.165) is 22.2 Å². The SMILES string of the molecule is CCOc1ccc(-c2cc3ncccc3c(O[C@H](C)[C@H]3CNC(=O)C3)n2)cn1. The van der Waals surface area contributed by atoms with E-state index in [1.165, 1.54) is 0 Å². The molecule has 1 aliphatic heterocycles. The van der Waals surface area contributed by atoms with Crippen LogP contribution in [0.15, 0.2) is 42.7 Å². The van der Waals surface area contributed by atoms with Crippen molar-refractivity contribution in [2.45, 2.75) is 26.4 Å². The largest absolute Gasteiger partial charge is 0.478 e. The number of carbonyl (C=O) groups excluding carboxylic acids is 1. The number of ether oxygens (including phenoxy) is 2. The number of rotatable bonds is 6. The molecule has 0 radical (unpaired) electrons. The standard InChI is InChI=1S/C21H22N4O3/c1-3-27-20-7-6-14(11-24-20)17-10-18-16(5-4-8-22-18)21(25-17)28-13(2)15-9-19(26)23-12-15/h4-8,10-11,13,15H,3,9,12H2,1-2H3,(H,23,26)/t13-,15-/m1/s1. The molecule has 0 aliphatic carbocycles. The van der Waals surface area contributed by atoms with Crippen molar-refractivity contribution in [2.24, 2.45) is 5.92 Å². The molecule has 1 saturated heterocycles. The number of nitrogens with one attached hydrogen (secondary N) is 1. The fourth-order valence-corrected chi connectivity index (χ4v) is 3.28. The Balaban J connectivity index is 1.68. The van der Waals surface area contributed by atoms with Crippen molar-refractivity contribution < 1.29 is 14.3 Å². The average Bonchev–Trinajstić information content (AvgIpc) is 3.15. The maximum absolute atomic E-state index is 11.5. The van der Waals surface area contributed by atoms with Crippen LogP contribution in [0.5, 0.6) is 11.8 Å². The maximum Gasteiger partial charge on any atom is 0.223 e. The predicted octanol–water partition coefficient (Wildman–Crippen LogP) is 2.99. The fraction of sp³-hybridized carbons (Fsp3) is 0.333. The van der Waals surface area contributed by atoms with Gasteiger partial charge in [0, 0.05) is 42.9 Å². The molecule has 0 spiro atoms. The lowest BCUT2D eigenvalue weighted by Crippen LogP contribution is -2.26. The quantitative estimate of drug-likeness (QED) is 0.710. The van der Waals surface area contributed by atoms with E-state index in [9.17, 15) is 4.79 Å². The van der Waals surface area contributed by atoms with E-state index in [1.807, 2.05) is 44.2 Å². The Labute approximate surface area is 163 Å². The molecule has 3 aromatic rings. The van der Waals surface area contributed by atoms with E-state index in [-0.39, 0.29) is 17.9 Å². The number of hydrogen-bond donors (Lipinski definition) is 1. The van der Waals surface area contributed by atoms with Gasteiger partial charge in [-0.15, -0.1) is 0 Å². The summed E-state index contributed by atoms with van der Waals surface area (Å²) in [5, 5.41) is 3.70. The number of pyridine rings is 3. The van der Waals surface area contributed by atoms with Gasteiger partial charge in [-0.2, -0.15) is 0 Å². The highest BCUT2D eigenvalue weighted by Crippen LogP contribution is 2.30. The van der Waals surface area contributed by atoms with Crippen LogP contribution in [-0.2, 0) is 4.79 Å². The van der Waals surface area contributed by atoms with Crippen molar-refractivity contribution in [1.82, 2.24) is 20.3 Å². The molecule has 1 amide bonds. The van der Waals surface area contributed by atoms with Gasteiger partial charge in [0.05, 0.1) is 23.2 Å². The van der Waals surface area contributed by atoms with E-state index in [0.29, 0.717) is 31.3 Å². The number of fused-ring (bicyclic) bond motifs is 1. The van der Waals surface area contributed by atoms with E-state index in [4.69, 9.17) is 14.5 Å². The van der Waals surface area contributed by atoms with Crippen LogP contribution in [0.3, 0.4) is 0 Å². The van der Waals surface area contributed by atoms with E-state index in [1.54, 1.807) is 12.4 Å². The van der Waals surface area contributed by atoms with Gasteiger partial charge in [0.15, 0.2) is 0 Å². The van der Waals surface area contributed by atoms with Gasteiger partial charge in [-0.25, -0.2) is 9.97 Å². The molecule has 0 unspecified atom stereocenters.